The van der Waals surface area contributed by atoms with Gasteiger partial charge in [0, 0.05) is 52.8 Å². The number of ether oxygens (including phenoxy) is 1. The van der Waals surface area contributed by atoms with Crippen LogP contribution in [0.4, 0.5) is 5.69 Å². The SMILES string of the molecule is C=CC(OPI)[C@H](CC)CCN1CC(c2ccc(Cl)cc2CCC)COc2ccc(/S(=N/C)NC(=O)C(C)C)cc21. The number of carbonyl (C=O) groups excluding carboxylic acids is 1. The van der Waals surface area contributed by atoms with E-state index >= 15 is 0 Å². The van der Waals surface area contributed by atoms with E-state index in [9.17, 15) is 4.79 Å². The number of rotatable bonds is 14. The number of fused-ring (bicyclic) bond motifs is 1. The fourth-order valence-corrected chi connectivity index (χ4v) is 7.92. The van der Waals surface area contributed by atoms with Crippen LogP contribution in [0.5, 0.6) is 5.75 Å². The second-order valence-corrected chi connectivity index (χ2v) is 14.4. The van der Waals surface area contributed by atoms with Crippen molar-refractivity contribution in [2.45, 2.75) is 70.3 Å². The number of hydrogen-bond donors (Lipinski definition) is 1. The first-order valence-corrected chi connectivity index (χ1v) is 19.9. The van der Waals surface area contributed by atoms with E-state index in [1.54, 1.807) is 7.05 Å². The molecule has 0 spiro atoms. The summed E-state index contributed by atoms with van der Waals surface area (Å²) in [5.41, 5.74) is 3.63. The molecule has 4 unspecified atom stereocenters. The predicted molar refractivity (Wildman–Crippen MR) is 185 cm³/mol. The maximum absolute atomic E-state index is 12.5. The van der Waals surface area contributed by atoms with Crippen LogP contribution in [0.3, 0.4) is 0 Å². The van der Waals surface area contributed by atoms with Gasteiger partial charge in [-0.2, -0.15) is 0 Å². The van der Waals surface area contributed by atoms with Crippen LogP contribution in [0, 0.1) is 11.8 Å². The van der Waals surface area contributed by atoms with Gasteiger partial charge in [-0.05, 0) is 82.3 Å². The number of hydrogen-bond acceptors (Lipinski definition) is 5. The second-order valence-electron chi connectivity index (χ2n) is 10.6. The van der Waals surface area contributed by atoms with Crippen LogP contribution in [-0.2, 0) is 26.6 Å². The molecule has 0 radical (unpaired) electrons. The molecule has 0 aromatic heterocycles. The highest BCUT2D eigenvalue weighted by molar-refractivity contribution is 14.2. The third kappa shape index (κ3) is 9.40. The molecule has 0 fully saturated rings. The average Bonchev–Trinajstić information content (AvgIpc) is 3.14. The molecule has 6 nitrogen and oxygen atoms in total. The minimum atomic E-state index is -0.748. The number of benzene rings is 2. The topological polar surface area (TPSA) is 63.2 Å². The molecule has 5 atom stereocenters. The smallest absolute Gasteiger partial charge is 0.233 e. The van der Waals surface area contributed by atoms with Crippen LogP contribution in [0.15, 0.2) is 58.3 Å². The van der Waals surface area contributed by atoms with Gasteiger partial charge in [0.2, 0.25) is 5.91 Å². The van der Waals surface area contributed by atoms with Gasteiger partial charge < -0.3 is 14.2 Å². The standard InChI is InChI=1S/C31H44ClIN3O3PS/c1-7-10-23-17-25(32)11-13-27(23)24-19-36(16-15-22(8-2)29(9-3)39-40-33)28-18-26(12-14-30(28)38-20-24)41(34-6)35-31(37)21(4)5/h9,11-14,17-18,21-22,24,29,40H,3,7-8,10,15-16,19-20H2,1-2,4-6H3,(H,34,35,37)/t22-,24?,29?,41?/m1/s1. The van der Waals surface area contributed by atoms with Gasteiger partial charge in [0.05, 0.1) is 24.8 Å². The monoisotopic (exact) mass is 731 g/mol. The number of aryl methyl sites for hydroxylation is 1. The van der Waals surface area contributed by atoms with Crippen LogP contribution >= 0.6 is 40.1 Å². The Labute approximate surface area is 268 Å². The van der Waals surface area contributed by atoms with Crippen LogP contribution in [0.25, 0.3) is 0 Å². The van der Waals surface area contributed by atoms with E-state index in [4.69, 9.17) is 20.9 Å². The largest absolute Gasteiger partial charge is 0.491 e. The summed E-state index contributed by atoms with van der Waals surface area (Å²) in [5.74, 6) is 1.28. The Morgan fingerprint density at radius 3 is 2.76 bits per heavy atom. The summed E-state index contributed by atoms with van der Waals surface area (Å²) in [7, 11) is 1.01. The fourth-order valence-electron chi connectivity index (χ4n) is 5.19. The normalized spacial score (nSPS) is 17.7. The van der Waals surface area contributed by atoms with Crippen molar-refractivity contribution < 1.29 is 14.1 Å². The van der Waals surface area contributed by atoms with Gasteiger partial charge in [-0.1, -0.05) is 64.3 Å². The van der Waals surface area contributed by atoms with E-state index < -0.39 is 10.9 Å². The van der Waals surface area contributed by atoms with Crippen molar-refractivity contribution in [1.82, 2.24) is 4.72 Å². The van der Waals surface area contributed by atoms with Crippen molar-refractivity contribution in [2.75, 3.05) is 31.6 Å². The zero-order valence-electron chi connectivity index (χ0n) is 24.8. The van der Waals surface area contributed by atoms with Gasteiger partial charge in [-0.25, -0.2) is 4.36 Å². The Kier molecular flexibility index (Phi) is 14.4. The van der Waals surface area contributed by atoms with Gasteiger partial charge in [0.1, 0.15) is 5.75 Å². The molecule has 10 heteroatoms. The number of halogens is 2. The zero-order valence-corrected chi connectivity index (χ0v) is 29.5. The molecular formula is C31H44ClIN3O3PS. The second kappa shape index (κ2) is 17.2. The lowest BCUT2D eigenvalue weighted by Crippen LogP contribution is -2.33. The van der Waals surface area contributed by atoms with Gasteiger partial charge in [0.15, 0.2) is 0 Å². The number of nitrogens with zero attached hydrogens (tertiary/aromatic N) is 2. The minimum absolute atomic E-state index is 0.00883. The molecule has 3 rings (SSSR count). The Bertz CT molecular complexity index is 1220. The molecular weight excluding hydrogens is 688 g/mol. The highest BCUT2D eigenvalue weighted by atomic mass is 127. The first-order valence-electron chi connectivity index (χ1n) is 14.3. The van der Waals surface area contributed by atoms with E-state index in [0.29, 0.717) is 19.0 Å². The molecule has 1 heterocycles. The van der Waals surface area contributed by atoms with Gasteiger partial charge in [-0.3, -0.25) is 9.52 Å². The molecule has 226 valence electrons. The Morgan fingerprint density at radius 1 is 1.34 bits per heavy atom. The highest BCUT2D eigenvalue weighted by Crippen LogP contribution is 2.38. The summed E-state index contributed by atoms with van der Waals surface area (Å²) >= 11 is 8.69. The molecule has 0 saturated carbocycles. The lowest BCUT2D eigenvalue weighted by molar-refractivity contribution is -0.122. The molecule has 0 saturated heterocycles. The predicted octanol–water partition coefficient (Wildman–Crippen LogP) is 8.68. The van der Waals surface area contributed by atoms with E-state index in [1.165, 1.54) is 11.1 Å². The highest BCUT2D eigenvalue weighted by Gasteiger charge is 2.28. The number of anilines is 1. The van der Waals surface area contributed by atoms with Crippen molar-refractivity contribution in [3.05, 3.63) is 65.2 Å². The van der Waals surface area contributed by atoms with Crippen molar-refractivity contribution in [3.63, 3.8) is 0 Å². The van der Waals surface area contributed by atoms with E-state index in [1.807, 2.05) is 38.1 Å². The molecule has 1 N–H and O–H groups in total. The molecule has 1 aliphatic rings. The van der Waals surface area contributed by atoms with Gasteiger partial charge in [0.25, 0.3) is 0 Å². The minimum Gasteiger partial charge on any atom is -0.491 e. The summed E-state index contributed by atoms with van der Waals surface area (Å²) in [6, 6.07) is 12.5. The first kappa shape index (κ1) is 34.3. The average molecular weight is 732 g/mol. The van der Waals surface area contributed by atoms with Crippen LogP contribution < -0.4 is 14.4 Å². The molecule has 2 aromatic carbocycles. The fraction of sp³-hybridized carbons (Fsp3) is 0.516. The number of nitrogens with one attached hydrogen (secondary N) is 1. The number of amides is 1. The molecule has 41 heavy (non-hydrogen) atoms. The summed E-state index contributed by atoms with van der Waals surface area (Å²) in [6.45, 7) is 14.9. The van der Waals surface area contributed by atoms with Crippen molar-refractivity contribution >= 4 is 62.6 Å². The number of carbonyl (C=O) groups is 1. The third-order valence-corrected chi connectivity index (χ3v) is 10.3. The molecule has 0 aliphatic carbocycles. The van der Waals surface area contributed by atoms with Crippen molar-refractivity contribution in [1.29, 1.82) is 0 Å². The molecule has 1 aliphatic heterocycles. The first-order chi connectivity index (χ1) is 19.8. The summed E-state index contributed by atoms with van der Waals surface area (Å²) in [4.78, 5) is 16.0. The maximum Gasteiger partial charge on any atom is 0.233 e. The Morgan fingerprint density at radius 2 is 2.12 bits per heavy atom. The van der Waals surface area contributed by atoms with E-state index in [0.717, 1.165) is 60.1 Å². The Balaban J connectivity index is 2.01. The van der Waals surface area contributed by atoms with E-state index in [2.05, 4.69) is 74.7 Å². The van der Waals surface area contributed by atoms with Crippen molar-refractivity contribution in [3.8, 4) is 5.75 Å². The molecule has 1 amide bonds. The Hall–Kier alpha value is -1.19. The molecule has 0 bridgehead atoms. The quantitative estimate of drug-likeness (QED) is 0.120. The summed E-state index contributed by atoms with van der Waals surface area (Å²) in [6.07, 6.45) is 5.97. The maximum atomic E-state index is 12.5. The summed E-state index contributed by atoms with van der Waals surface area (Å²) in [5, 5.41) is 0.771. The van der Waals surface area contributed by atoms with Gasteiger partial charge in [-0.15, -0.1) is 6.58 Å². The lowest BCUT2D eigenvalue weighted by atomic mass is 9.91. The van der Waals surface area contributed by atoms with E-state index in [-0.39, 0.29) is 23.8 Å². The molecule has 2 aromatic rings. The lowest BCUT2D eigenvalue weighted by Gasteiger charge is -2.31. The van der Waals surface area contributed by atoms with Crippen molar-refractivity contribution in [2.24, 2.45) is 16.2 Å². The van der Waals surface area contributed by atoms with Crippen LogP contribution in [0.1, 0.15) is 64.0 Å². The zero-order chi connectivity index (χ0) is 29.9. The summed E-state index contributed by atoms with van der Waals surface area (Å²) < 4.78 is 20.2. The van der Waals surface area contributed by atoms with Gasteiger partial charge >= 0.3 is 0 Å². The van der Waals surface area contributed by atoms with Crippen LogP contribution in [0.2, 0.25) is 5.02 Å². The van der Waals surface area contributed by atoms with Crippen LogP contribution in [-0.4, -0.2) is 38.8 Å². The third-order valence-electron chi connectivity index (χ3n) is 7.52.